The monoisotopic (exact) mass is 836 g/mol. The van der Waals surface area contributed by atoms with Crippen LogP contribution in [0.2, 0.25) is 0 Å². The average molecular weight is 836 g/mol. The van der Waals surface area contributed by atoms with Crippen LogP contribution in [-0.4, -0.2) is 99.4 Å². The van der Waals surface area contributed by atoms with Crippen LogP contribution < -0.4 is 0 Å². The van der Waals surface area contributed by atoms with Crippen LogP contribution in [0, 0.1) is 0 Å². The van der Waals surface area contributed by atoms with Crippen LogP contribution in [0.1, 0.15) is 233 Å². The van der Waals surface area contributed by atoms with Gasteiger partial charge in [0.2, 0.25) is 20.0 Å². The largest absolute Gasteiger partial charge is 0.396 e. The molecule has 0 unspecified atom stereocenters. The molecule has 56 heavy (non-hydrogen) atoms. The molecule has 0 aliphatic heterocycles. The zero-order valence-corrected chi connectivity index (χ0v) is 39.6. The third-order valence-corrected chi connectivity index (χ3v) is 15.4. The van der Waals surface area contributed by atoms with E-state index in [2.05, 4.69) is 32.6 Å². The van der Waals surface area contributed by atoms with Gasteiger partial charge in [0.1, 0.15) is 0 Å². The maximum absolute atomic E-state index is 13.3. The number of hydrogen-bond acceptors (Lipinski definition) is 6. The molecular formula is C46H97N3O5S2. The molecule has 0 aromatic carbocycles. The van der Waals surface area contributed by atoms with Crippen molar-refractivity contribution >= 4 is 20.0 Å². The van der Waals surface area contributed by atoms with Crippen LogP contribution in [-0.2, 0) is 20.0 Å². The first-order chi connectivity index (χ1) is 27.2. The second kappa shape index (κ2) is 40.2. The first-order valence-electron chi connectivity index (χ1n) is 24.5. The van der Waals surface area contributed by atoms with Crippen molar-refractivity contribution < 1.29 is 21.9 Å². The molecule has 1 N–H and O–H groups in total. The number of nitrogens with zero attached hydrogens (tertiary/aromatic N) is 3. The van der Waals surface area contributed by atoms with E-state index < -0.39 is 20.0 Å². The number of rotatable bonds is 46. The average Bonchev–Trinajstić information content (AvgIpc) is 3.17. The summed E-state index contributed by atoms with van der Waals surface area (Å²) in [6.45, 7) is 14.9. The van der Waals surface area contributed by atoms with Crippen molar-refractivity contribution in [2.45, 2.75) is 233 Å². The van der Waals surface area contributed by atoms with Crippen LogP contribution in [0.15, 0.2) is 0 Å². The maximum atomic E-state index is 13.3. The predicted octanol–water partition coefficient (Wildman–Crippen LogP) is 12.1. The van der Waals surface area contributed by atoms with Crippen LogP contribution in [0.3, 0.4) is 0 Å². The molecule has 0 heterocycles. The molecule has 0 aromatic heterocycles. The Hall–Kier alpha value is -0.260. The van der Waals surface area contributed by atoms with Gasteiger partial charge < -0.3 is 10.0 Å². The minimum Gasteiger partial charge on any atom is -0.396 e. The Kier molecular flexibility index (Phi) is 40.0. The van der Waals surface area contributed by atoms with E-state index in [1.54, 1.807) is 0 Å². The number of unbranched alkanes of at least 4 members (excludes halogenated alkanes) is 25. The highest BCUT2D eigenvalue weighted by molar-refractivity contribution is 7.89. The summed E-state index contributed by atoms with van der Waals surface area (Å²) in [4.78, 5) is 2.54. The van der Waals surface area contributed by atoms with Gasteiger partial charge >= 0.3 is 0 Å². The van der Waals surface area contributed by atoms with Crippen molar-refractivity contribution in [1.82, 2.24) is 13.5 Å². The highest BCUT2D eigenvalue weighted by Crippen LogP contribution is 2.16. The molecule has 0 bridgehead atoms. The standard InChI is InChI=1S/C46H97N3O5S2/c1-5-9-13-17-23-31-42-48(40-29-15-11-7-3)55(51,52)45-35-25-19-21-27-37-47(39-33-34-44-50)38-28-22-20-26-36-46-56(53,54)49(41-30-16-12-8-4)43-32-24-18-14-10-6-2/h50H,5-46H2,1-4H3. The fourth-order valence-electron chi connectivity index (χ4n) is 7.69. The lowest BCUT2D eigenvalue weighted by atomic mass is 10.1. The first-order valence-corrected chi connectivity index (χ1v) is 27.7. The quantitative estimate of drug-likeness (QED) is 0.0613. The molecule has 0 amide bonds. The topological polar surface area (TPSA) is 98.2 Å². The highest BCUT2D eigenvalue weighted by atomic mass is 32.2. The van der Waals surface area contributed by atoms with Crippen molar-refractivity contribution in [2.24, 2.45) is 0 Å². The smallest absolute Gasteiger partial charge is 0.214 e. The Bertz CT molecular complexity index is 952. The van der Waals surface area contributed by atoms with Crippen molar-refractivity contribution in [1.29, 1.82) is 0 Å². The molecule has 0 radical (unpaired) electrons. The normalized spacial score (nSPS) is 12.6. The summed E-state index contributed by atoms with van der Waals surface area (Å²) in [5, 5.41) is 9.34. The van der Waals surface area contributed by atoms with E-state index in [9.17, 15) is 21.9 Å². The Morgan fingerprint density at radius 1 is 0.304 bits per heavy atom. The summed E-state index contributed by atoms with van der Waals surface area (Å²) in [7, 11) is -6.39. The molecule has 10 heteroatoms. The minimum absolute atomic E-state index is 0.240. The van der Waals surface area contributed by atoms with E-state index in [1.165, 1.54) is 77.0 Å². The molecular weight excluding hydrogens is 739 g/mol. The van der Waals surface area contributed by atoms with E-state index in [4.69, 9.17) is 0 Å². The van der Waals surface area contributed by atoms with E-state index >= 15 is 0 Å². The lowest BCUT2D eigenvalue weighted by Crippen LogP contribution is -2.35. The fraction of sp³-hybridized carbons (Fsp3) is 1.00. The molecule has 8 nitrogen and oxygen atoms in total. The van der Waals surface area contributed by atoms with Crippen LogP contribution in [0.25, 0.3) is 0 Å². The molecule has 338 valence electrons. The molecule has 0 saturated heterocycles. The van der Waals surface area contributed by atoms with Crippen molar-refractivity contribution in [3.63, 3.8) is 0 Å². The lowest BCUT2D eigenvalue weighted by Gasteiger charge is -2.23. The van der Waals surface area contributed by atoms with Gasteiger partial charge in [-0.15, -0.1) is 0 Å². The third kappa shape index (κ3) is 33.6. The Labute approximate surface area is 351 Å². The molecule has 0 aromatic rings. The molecule has 0 aliphatic rings. The second-order valence-electron chi connectivity index (χ2n) is 16.9. The summed E-state index contributed by atoms with van der Waals surface area (Å²) in [6.07, 6.45) is 34.9. The molecule has 0 spiro atoms. The minimum atomic E-state index is -3.20. The van der Waals surface area contributed by atoms with E-state index in [0.29, 0.717) is 26.2 Å². The zero-order chi connectivity index (χ0) is 41.4. The number of sulfonamides is 2. The van der Waals surface area contributed by atoms with Crippen molar-refractivity contribution in [3.8, 4) is 0 Å². The Balaban J connectivity index is 4.55. The van der Waals surface area contributed by atoms with Gasteiger partial charge in [-0.2, -0.15) is 0 Å². The van der Waals surface area contributed by atoms with Gasteiger partial charge in [0, 0.05) is 32.8 Å². The number of aliphatic hydroxyl groups is 1. The predicted molar refractivity (Wildman–Crippen MR) is 245 cm³/mol. The number of aliphatic hydroxyl groups excluding tert-OH is 1. The Morgan fingerprint density at radius 3 is 0.839 bits per heavy atom. The fourth-order valence-corrected chi connectivity index (χ4v) is 11.0. The van der Waals surface area contributed by atoms with E-state index in [1.807, 2.05) is 8.61 Å². The molecule has 0 fully saturated rings. The molecule has 0 aliphatic carbocycles. The van der Waals surface area contributed by atoms with Crippen molar-refractivity contribution in [3.05, 3.63) is 0 Å². The Morgan fingerprint density at radius 2 is 0.536 bits per heavy atom. The SMILES string of the molecule is CCCCCCCCN(CCCCCC)S(=O)(=O)CCCCCCCN(CCCCO)CCCCCCCS(=O)(=O)N(CCCCCC)CCCCCCCC. The number of hydrogen-bond donors (Lipinski definition) is 1. The van der Waals surface area contributed by atoms with Crippen molar-refractivity contribution in [2.75, 3.05) is 63.9 Å². The van der Waals surface area contributed by atoms with Gasteiger partial charge in [-0.05, 0) is 83.8 Å². The van der Waals surface area contributed by atoms with Crippen LogP contribution >= 0.6 is 0 Å². The van der Waals surface area contributed by atoms with E-state index in [-0.39, 0.29) is 18.1 Å². The summed E-state index contributed by atoms with van der Waals surface area (Å²) in [5.41, 5.74) is 0. The zero-order valence-electron chi connectivity index (χ0n) is 37.9. The van der Waals surface area contributed by atoms with Crippen LogP contribution in [0.5, 0.6) is 0 Å². The van der Waals surface area contributed by atoms with E-state index in [0.717, 1.165) is 148 Å². The van der Waals surface area contributed by atoms with Crippen LogP contribution in [0.4, 0.5) is 0 Å². The van der Waals surface area contributed by atoms with Gasteiger partial charge in [0.25, 0.3) is 0 Å². The highest BCUT2D eigenvalue weighted by Gasteiger charge is 2.22. The van der Waals surface area contributed by atoms with Gasteiger partial charge in [-0.3, -0.25) is 0 Å². The molecule has 0 atom stereocenters. The van der Waals surface area contributed by atoms with Gasteiger partial charge in [-0.25, -0.2) is 25.4 Å². The summed E-state index contributed by atoms with van der Waals surface area (Å²) in [6, 6.07) is 0. The van der Waals surface area contributed by atoms with Gasteiger partial charge in [-0.1, -0.05) is 169 Å². The summed E-state index contributed by atoms with van der Waals surface area (Å²) < 4.78 is 56.9. The second-order valence-corrected chi connectivity index (χ2v) is 21.1. The summed E-state index contributed by atoms with van der Waals surface area (Å²) >= 11 is 0. The third-order valence-electron chi connectivity index (χ3n) is 11.5. The maximum Gasteiger partial charge on any atom is 0.214 e. The first kappa shape index (κ1) is 55.7. The molecule has 0 rings (SSSR count). The van der Waals surface area contributed by atoms with Gasteiger partial charge in [0.15, 0.2) is 0 Å². The molecule has 0 saturated carbocycles. The van der Waals surface area contributed by atoms with Gasteiger partial charge in [0.05, 0.1) is 11.5 Å². The lowest BCUT2D eigenvalue weighted by molar-refractivity contribution is 0.234. The summed E-state index contributed by atoms with van der Waals surface area (Å²) in [5.74, 6) is 0.568.